The van der Waals surface area contributed by atoms with E-state index in [1.54, 1.807) is 0 Å². The third kappa shape index (κ3) is 8.30. The zero-order chi connectivity index (χ0) is 27.8. The van der Waals surface area contributed by atoms with Gasteiger partial charge in [0.1, 0.15) is 11.9 Å². The number of ether oxygens (including phenoxy) is 1. The largest absolute Gasteiger partial charge is 0.462 e. The first-order valence-electron chi connectivity index (χ1n) is 16.4. The first-order valence-corrected chi connectivity index (χ1v) is 16.4. The van der Waals surface area contributed by atoms with E-state index in [-0.39, 0.29) is 30.4 Å². The Morgan fingerprint density at radius 1 is 0.897 bits per heavy atom. The Morgan fingerprint density at radius 2 is 1.51 bits per heavy atom. The van der Waals surface area contributed by atoms with Crippen LogP contribution in [0.15, 0.2) is 18.2 Å². The van der Waals surface area contributed by atoms with Crippen molar-refractivity contribution >= 4 is 5.97 Å². The number of esters is 1. The monoisotopic (exact) mass is 542 g/mol. The Morgan fingerprint density at radius 3 is 2.10 bits per heavy atom. The van der Waals surface area contributed by atoms with Crippen LogP contribution in [0.3, 0.4) is 0 Å². The molecule has 220 valence electrons. The van der Waals surface area contributed by atoms with Crippen LogP contribution in [-0.2, 0) is 9.53 Å². The molecule has 3 aliphatic carbocycles. The van der Waals surface area contributed by atoms with Gasteiger partial charge in [0.25, 0.3) is 0 Å². The molecular weight excluding hydrogens is 487 g/mol. The van der Waals surface area contributed by atoms with Gasteiger partial charge in [-0.2, -0.15) is 0 Å². The number of rotatable bonds is 11. The molecule has 3 nitrogen and oxygen atoms in total. The Bertz CT molecular complexity index is 887. The maximum absolute atomic E-state index is 15.3. The molecule has 3 saturated carbocycles. The van der Waals surface area contributed by atoms with E-state index >= 15 is 4.39 Å². The highest BCUT2D eigenvalue weighted by Gasteiger charge is 2.34. The van der Waals surface area contributed by atoms with Gasteiger partial charge in [0.2, 0.25) is 0 Å². The van der Waals surface area contributed by atoms with Gasteiger partial charge in [-0.05, 0) is 131 Å². The van der Waals surface area contributed by atoms with E-state index in [0.29, 0.717) is 12.3 Å². The molecule has 4 rings (SSSR count). The minimum absolute atomic E-state index is 0.0221. The van der Waals surface area contributed by atoms with Gasteiger partial charge in [0.05, 0.1) is 5.41 Å². The van der Waals surface area contributed by atoms with Crippen LogP contribution in [0, 0.1) is 29.0 Å². The van der Waals surface area contributed by atoms with Crippen LogP contribution in [-0.4, -0.2) is 23.8 Å². The summed E-state index contributed by atoms with van der Waals surface area (Å²) in [5.74, 6) is 3.24. The standard InChI is InChI=1S/C35H55FO3/c1-4-5-6-7-25-8-10-26(11-9-25)27-12-14-28(15-13-27)30-18-21-32(33(36)24-30)29-16-19-31(20-17-29)39-34(38)35(2,3)22-23-37/h18,21,24-29,31,37H,4-17,19-20,22-23H2,1-3H3. The van der Waals surface area contributed by atoms with Gasteiger partial charge in [0.15, 0.2) is 0 Å². The summed E-state index contributed by atoms with van der Waals surface area (Å²) in [6.45, 7) is 5.92. The Kier molecular flexibility index (Phi) is 11.3. The summed E-state index contributed by atoms with van der Waals surface area (Å²) in [5.41, 5.74) is 1.37. The average Bonchev–Trinajstić information content (AvgIpc) is 2.94. The Hall–Kier alpha value is -1.42. The number of halogens is 1. The summed E-state index contributed by atoms with van der Waals surface area (Å²) >= 11 is 0. The second-order valence-corrected chi connectivity index (χ2v) is 13.9. The van der Waals surface area contributed by atoms with Crippen molar-refractivity contribution < 1.29 is 19.0 Å². The van der Waals surface area contributed by atoms with Crippen molar-refractivity contribution in [2.75, 3.05) is 6.61 Å². The minimum Gasteiger partial charge on any atom is -0.462 e. The van der Waals surface area contributed by atoms with E-state index in [2.05, 4.69) is 19.1 Å². The van der Waals surface area contributed by atoms with E-state index in [4.69, 9.17) is 4.74 Å². The summed E-state index contributed by atoms with van der Waals surface area (Å²) in [5, 5.41) is 9.20. The second-order valence-electron chi connectivity index (χ2n) is 13.9. The fraction of sp³-hybridized carbons (Fsp3) is 0.800. The van der Waals surface area contributed by atoms with Crippen molar-refractivity contribution in [2.45, 2.75) is 148 Å². The SMILES string of the molecule is CCCCCC1CCC(C2CCC(c3ccc(C4CCC(OC(=O)C(C)(C)CCO)CC4)c(F)c3)CC2)CC1. The topological polar surface area (TPSA) is 46.5 Å². The van der Waals surface area contributed by atoms with Gasteiger partial charge in [-0.1, -0.05) is 57.6 Å². The fourth-order valence-electron chi connectivity index (χ4n) is 7.87. The highest BCUT2D eigenvalue weighted by Crippen LogP contribution is 2.45. The summed E-state index contributed by atoms with van der Waals surface area (Å²) in [7, 11) is 0. The van der Waals surface area contributed by atoms with E-state index in [9.17, 15) is 9.90 Å². The van der Waals surface area contributed by atoms with Crippen LogP contribution < -0.4 is 0 Å². The van der Waals surface area contributed by atoms with Gasteiger partial charge in [-0.3, -0.25) is 4.79 Å². The van der Waals surface area contributed by atoms with Crippen LogP contribution >= 0.6 is 0 Å². The Balaban J connectivity index is 1.21. The van der Waals surface area contributed by atoms with Crippen molar-refractivity contribution in [3.8, 4) is 0 Å². The van der Waals surface area contributed by atoms with Crippen molar-refractivity contribution in [1.29, 1.82) is 0 Å². The van der Waals surface area contributed by atoms with E-state index in [0.717, 1.165) is 49.0 Å². The third-order valence-corrected chi connectivity index (χ3v) is 10.7. The van der Waals surface area contributed by atoms with Crippen LogP contribution in [0.1, 0.15) is 153 Å². The molecule has 1 aromatic rings. The van der Waals surface area contributed by atoms with Crippen molar-refractivity contribution in [3.63, 3.8) is 0 Å². The number of hydrogen-bond acceptors (Lipinski definition) is 3. The lowest BCUT2D eigenvalue weighted by molar-refractivity contribution is -0.162. The quantitative estimate of drug-likeness (QED) is 0.224. The average molecular weight is 543 g/mol. The summed E-state index contributed by atoms with van der Waals surface area (Å²) < 4.78 is 21.1. The lowest BCUT2D eigenvalue weighted by Gasteiger charge is -2.38. The van der Waals surface area contributed by atoms with Crippen molar-refractivity contribution in [3.05, 3.63) is 35.1 Å². The van der Waals surface area contributed by atoms with Gasteiger partial charge >= 0.3 is 5.97 Å². The van der Waals surface area contributed by atoms with Crippen LogP contribution in [0.5, 0.6) is 0 Å². The molecular formula is C35H55FO3. The number of unbranched alkanes of at least 4 members (excludes halogenated alkanes) is 2. The third-order valence-electron chi connectivity index (χ3n) is 10.7. The zero-order valence-electron chi connectivity index (χ0n) is 25.1. The first-order chi connectivity index (χ1) is 18.8. The molecule has 1 N–H and O–H groups in total. The first kappa shape index (κ1) is 30.5. The Labute approximate surface area is 237 Å². The molecule has 0 amide bonds. The summed E-state index contributed by atoms with van der Waals surface area (Å²) in [6.07, 6.45) is 20.0. The molecule has 0 atom stereocenters. The van der Waals surface area contributed by atoms with E-state index < -0.39 is 5.41 Å². The number of carbonyl (C=O) groups is 1. The highest BCUT2D eigenvalue weighted by molar-refractivity contribution is 5.76. The molecule has 0 radical (unpaired) electrons. The fourth-order valence-corrected chi connectivity index (χ4v) is 7.87. The predicted molar refractivity (Wildman–Crippen MR) is 157 cm³/mol. The summed E-state index contributed by atoms with van der Waals surface area (Å²) in [4.78, 5) is 12.5. The molecule has 0 spiro atoms. The highest BCUT2D eigenvalue weighted by atomic mass is 19.1. The molecule has 4 heteroatoms. The second kappa shape index (κ2) is 14.5. The van der Waals surface area contributed by atoms with Gasteiger partial charge < -0.3 is 9.84 Å². The molecule has 0 aliphatic heterocycles. The maximum atomic E-state index is 15.3. The molecule has 39 heavy (non-hydrogen) atoms. The molecule has 3 fully saturated rings. The number of hydrogen-bond donors (Lipinski definition) is 1. The smallest absolute Gasteiger partial charge is 0.311 e. The molecule has 1 aromatic carbocycles. The van der Waals surface area contributed by atoms with E-state index in [1.165, 1.54) is 82.6 Å². The van der Waals surface area contributed by atoms with Crippen LogP contribution in [0.25, 0.3) is 0 Å². The van der Waals surface area contributed by atoms with Crippen LogP contribution in [0.4, 0.5) is 4.39 Å². The van der Waals surface area contributed by atoms with Crippen molar-refractivity contribution in [1.82, 2.24) is 0 Å². The summed E-state index contributed by atoms with van der Waals surface area (Å²) in [6, 6.07) is 6.09. The molecule has 0 bridgehead atoms. The number of aliphatic hydroxyl groups is 1. The molecule has 0 heterocycles. The number of carbonyl (C=O) groups excluding carboxylic acids is 1. The van der Waals surface area contributed by atoms with Crippen molar-refractivity contribution in [2.24, 2.45) is 23.2 Å². The molecule has 0 saturated heterocycles. The molecule has 0 aromatic heterocycles. The lowest BCUT2D eigenvalue weighted by Crippen LogP contribution is -2.33. The zero-order valence-corrected chi connectivity index (χ0v) is 25.1. The lowest BCUT2D eigenvalue weighted by atomic mass is 9.68. The van der Waals surface area contributed by atoms with Gasteiger partial charge in [-0.25, -0.2) is 4.39 Å². The number of benzene rings is 1. The predicted octanol–water partition coefficient (Wildman–Crippen LogP) is 9.46. The number of aliphatic hydroxyl groups excluding tert-OH is 1. The maximum Gasteiger partial charge on any atom is 0.311 e. The van der Waals surface area contributed by atoms with Gasteiger partial charge in [0, 0.05) is 6.61 Å². The normalized spacial score (nSPS) is 30.2. The molecule has 3 aliphatic rings. The van der Waals surface area contributed by atoms with Gasteiger partial charge in [-0.15, -0.1) is 0 Å². The van der Waals surface area contributed by atoms with Crippen LogP contribution in [0.2, 0.25) is 0 Å². The van der Waals surface area contributed by atoms with E-state index in [1.807, 2.05) is 19.9 Å². The minimum atomic E-state index is -0.667. The molecule has 0 unspecified atom stereocenters.